The molecule has 2 atom stereocenters. The number of halogens is 2. The second-order valence-electron chi connectivity index (χ2n) is 6.03. The molecule has 1 aromatic carbocycles. The number of amides is 1. The molecule has 9 heteroatoms. The van der Waals surface area contributed by atoms with Crippen molar-refractivity contribution in [2.75, 3.05) is 25.4 Å². The second-order valence-corrected chi connectivity index (χ2v) is 8.29. The number of hydrogen-bond donors (Lipinski definition) is 2. The first-order valence-electron chi connectivity index (χ1n) is 8.13. The molecule has 1 heterocycles. The summed E-state index contributed by atoms with van der Waals surface area (Å²) in [6.07, 6.45) is -0.0376. The lowest BCUT2D eigenvalue weighted by Crippen LogP contribution is -2.46. The minimum Gasteiger partial charge on any atom is -0.387 e. The van der Waals surface area contributed by atoms with Crippen LogP contribution in [0.25, 0.3) is 0 Å². The van der Waals surface area contributed by atoms with Gasteiger partial charge in [0.05, 0.1) is 17.8 Å². The largest absolute Gasteiger partial charge is 0.387 e. The number of piperidine rings is 1. The predicted octanol–water partition coefficient (Wildman–Crippen LogP) is 1.18. The predicted molar refractivity (Wildman–Crippen MR) is 88.1 cm³/mol. The summed E-state index contributed by atoms with van der Waals surface area (Å²) >= 11 is 0. The van der Waals surface area contributed by atoms with Crippen molar-refractivity contribution in [3.8, 4) is 0 Å². The molecule has 0 saturated carbocycles. The van der Waals surface area contributed by atoms with Gasteiger partial charge < -0.3 is 10.4 Å². The lowest BCUT2D eigenvalue weighted by Gasteiger charge is -2.31. The molecule has 1 saturated heterocycles. The Labute approximate surface area is 145 Å². The highest BCUT2D eigenvalue weighted by Crippen LogP contribution is 2.20. The summed E-state index contributed by atoms with van der Waals surface area (Å²) in [7, 11) is -3.34. The van der Waals surface area contributed by atoms with Crippen LogP contribution in [-0.4, -0.2) is 49.1 Å². The fourth-order valence-corrected chi connectivity index (χ4v) is 3.95. The first-order valence-corrected chi connectivity index (χ1v) is 9.74. The Morgan fingerprint density at radius 1 is 1.40 bits per heavy atom. The minimum atomic E-state index is -3.34. The van der Waals surface area contributed by atoms with Gasteiger partial charge in [0.25, 0.3) is 0 Å². The van der Waals surface area contributed by atoms with Gasteiger partial charge in [0.2, 0.25) is 15.9 Å². The van der Waals surface area contributed by atoms with Gasteiger partial charge >= 0.3 is 0 Å². The monoisotopic (exact) mass is 376 g/mol. The number of aliphatic hydroxyl groups excluding tert-OH is 1. The van der Waals surface area contributed by atoms with Gasteiger partial charge in [0.1, 0.15) is 0 Å². The number of carbonyl (C=O) groups excluding carboxylic acids is 1. The Kier molecular flexibility index (Phi) is 6.47. The van der Waals surface area contributed by atoms with E-state index >= 15 is 0 Å². The Morgan fingerprint density at radius 3 is 2.76 bits per heavy atom. The molecule has 0 aromatic heterocycles. The molecular formula is C16H22F2N2O4S. The van der Waals surface area contributed by atoms with Crippen LogP contribution in [-0.2, 0) is 14.8 Å². The highest BCUT2D eigenvalue weighted by molar-refractivity contribution is 7.89. The number of nitrogens with zero attached hydrogens (tertiary/aromatic N) is 1. The second kappa shape index (κ2) is 8.20. The van der Waals surface area contributed by atoms with E-state index in [1.54, 1.807) is 6.92 Å². The molecule has 0 aliphatic carbocycles. The number of sulfonamides is 1. The molecule has 1 amide bonds. The van der Waals surface area contributed by atoms with Crippen LogP contribution in [0.5, 0.6) is 0 Å². The fourth-order valence-electron chi connectivity index (χ4n) is 2.77. The Balaban J connectivity index is 1.92. The van der Waals surface area contributed by atoms with Crippen LogP contribution in [0, 0.1) is 17.6 Å². The third-order valence-corrected chi connectivity index (χ3v) is 6.16. The van der Waals surface area contributed by atoms with Crippen molar-refractivity contribution >= 4 is 15.9 Å². The van der Waals surface area contributed by atoms with Gasteiger partial charge in [0.15, 0.2) is 11.6 Å². The van der Waals surface area contributed by atoms with Crippen molar-refractivity contribution in [1.82, 2.24) is 9.62 Å². The maximum absolute atomic E-state index is 13.2. The molecule has 1 aliphatic heterocycles. The van der Waals surface area contributed by atoms with Gasteiger partial charge in [-0.05, 0) is 37.5 Å². The van der Waals surface area contributed by atoms with Crippen LogP contribution in [0.4, 0.5) is 8.78 Å². The number of benzene rings is 1. The lowest BCUT2D eigenvalue weighted by atomic mass is 9.98. The summed E-state index contributed by atoms with van der Waals surface area (Å²) in [5.74, 6) is -2.96. The zero-order valence-electron chi connectivity index (χ0n) is 13.9. The van der Waals surface area contributed by atoms with Crippen molar-refractivity contribution in [2.45, 2.75) is 25.9 Å². The van der Waals surface area contributed by atoms with Crippen molar-refractivity contribution < 1.29 is 27.1 Å². The van der Waals surface area contributed by atoms with Crippen LogP contribution in [0.15, 0.2) is 18.2 Å². The average molecular weight is 376 g/mol. The van der Waals surface area contributed by atoms with Crippen LogP contribution < -0.4 is 5.32 Å². The lowest BCUT2D eigenvalue weighted by molar-refractivity contribution is -0.126. The molecule has 0 radical (unpaired) electrons. The third-order valence-electron chi connectivity index (χ3n) is 4.31. The summed E-state index contributed by atoms with van der Waals surface area (Å²) in [4.78, 5) is 12.2. The van der Waals surface area contributed by atoms with Crippen molar-refractivity contribution in [2.24, 2.45) is 5.92 Å². The first-order chi connectivity index (χ1) is 11.7. The molecule has 0 bridgehead atoms. The highest BCUT2D eigenvalue weighted by Gasteiger charge is 2.31. The number of rotatable bonds is 6. The van der Waals surface area contributed by atoms with Crippen LogP contribution in [0.2, 0.25) is 0 Å². The number of carbonyl (C=O) groups is 1. The average Bonchev–Trinajstić information content (AvgIpc) is 2.61. The van der Waals surface area contributed by atoms with E-state index in [0.717, 1.165) is 12.1 Å². The maximum Gasteiger partial charge on any atom is 0.224 e. The summed E-state index contributed by atoms with van der Waals surface area (Å²) < 4.78 is 51.2. The zero-order chi connectivity index (χ0) is 18.6. The smallest absolute Gasteiger partial charge is 0.224 e. The van der Waals surface area contributed by atoms with E-state index in [1.165, 1.54) is 10.4 Å². The quantitative estimate of drug-likeness (QED) is 0.781. The highest BCUT2D eigenvalue weighted by atomic mass is 32.2. The molecule has 0 spiro atoms. The zero-order valence-corrected chi connectivity index (χ0v) is 14.7. The molecular weight excluding hydrogens is 354 g/mol. The molecule has 1 fully saturated rings. The minimum absolute atomic E-state index is 0.0177. The summed E-state index contributed by atoms with van der Waals surface area (Å²) in [6, 6.07) is 3.03. The van der Waals surface area contributed by atoms with Crippen LogP contribution >= 0.6 is 0 Å². The SMILES string of the molecule is CCS(=O)(=O)N1CCC[C@H](C(=O)NC[C@H](O)c2ccc(F)c(F)c2)C1. The van der Waals surface area contributed by atoms with Gasteiger partial charge in [0, 0.05) is 19.6 Å². The third kappa shape index (κ3) is 4.96. The van der Waals surface area contributed by atoms with E-state index in [4.69, 9.17) is 0 Å². The number of aliphatic hydroxyl groups is 1. The molecule has 1 aromatic rings. The molecule has 2 N–H and O–H groups in total. The van der Waals surface area contributed by atoms with Gasteiger partial charge in [-0.1, -0.05) is 6.07 Å². The summed E-state index contributed by atoms with van der Waals surface area (Å²) in [5.41, 5.74) is 0.151. The van der Waals surface area contributed by atoms with Crippen molar-refractivity contribution in [3.05, 3.63) is 35.4 Å². The van der Waals surface area contributed by atoms with Gasteiger partial charge in [-0.15, -0.1) is 0 Å². The first kappa shape index (κ1) is 19.7. The van der Waals surface area contributed by atoms with Crippen molar-refractivity contribution in [1.29, 1.82) is 0 Å². The topological polar surface area (TPSA) is 86.7 Å². The van der Waals surface area contributed by atoms with Crippen LogP contribution in [0.1, 0.15) is 31.4 Å². The molecule has 1 aliphatic rings. The molecule has 25 heavy (non-hydrogen) atoms. The van der Waals surface area contributed by atoms with E-state index in [0.29, 0.717) is 19.4 Å². The molecule has 0 unspecified atom stereocenters. The van der Waals surface area contributed by atoms with Gasteiger partial charge in [-0.2, -0.15) is 0 Å². The standard InChI is InChI=1S/C16H22F2N2O4S/c1-2-25(23,24)20-7-3-4-12(10-20)16(22)19-9-15(21)11-5-6-13(17)14(18)8-11/h5-6,8,12,15,21H,2-4,7,9-10H2,1H3,(H,19,22)/t12-,15-/m0/s1. The Bertz CT molecular complexity index is 727. The van der Waals surface area contributed by atoms with E-state index < -0.39 is 33.7 Å². The maximum atomic E-state index is 13.2. The Hall–Kier alpha value is -1.58. The normalized spacial score (nSPS) is 20.2. The fraction of sp³-hybridized carbons (Fsp3) is 0.562. The molecule has 2 rings (SSSR count). The van der Waals surface area contributed by atoms with E-state index in [2.05, 4.69) is 5.32 Å². The molecule has 140 valence electrons. The number of hydrogen-bond acceptors (Lipinski definition) is 4. The Morgan fingerprint density at radius 2 is 2.12 bits per heavy atom. The molecule has 6 nitrogen and oxygen atoms in total. The summed E-state index contributed by atoms with van der Waals surface area (Å²) in [6.45, 7) is 1.90. The van der Waals surface area contributed by atoms with Gasteiger partial charge in [-0.25, -0.2) is 21.5 Å². The van der Waals surface area contributed by atoms with E-state index in [-0.39, 0.29) is 30.3 Å². The number of nitrogens with one attached hydrogen (secondary N) is 1. The van der Waals surface area contributed by atoms with Gasteiger partial charge in [-0.3, -0.25) is 4.79 Å². The summed E-state index contributed by atoms with van der Waals surface area (Å²) in [5, 5.41) is 12.5. The van der Waals surface area contributed by atoms with E-state index in [9.17, 15) is 27.1 Å². The van der Waals surface area contributed by atoms with Crippen molar-refractivity contribution in [3.63, 3.8) is 0 Å². The van der Waals surface area contributed by atoms with Crippen LogP contribution in [0.3, 0.4) is 0 Å². The van der Waals surface area contributed by atoms with E-state index in [1.807, 2.05) is 0 Å².